The van der Waals surface area contributed by atoms with Gasteiger partial charge in [0.2, 0.25) is 12.1 Å². The number of carbonyl (C=O) groups is 1. The Balaban J connectivity index is 1.57. The second-order valence-corrected chi connectivity index (χ2v) is 7.08. The number of carbonyl (C=O) groups excluding carboxylic acids is 1. The Morgan fingerprint density at radius 3 is 2.44 bits per heavy atom. The molecule has 0 fully saturated rings. The van der Waals surface area contributed by atoms with Crippen LogP contribution in [0.3, 0.4) is 0 Å². The van der Waals surface area contributed by atoms with Crippen molar-refractivity contribution in [1.29, 1.82) is 0 Å². The quantitative estimate of drug-likeness (QED) is 0.864. The van der Waals surface area contributed by atoms with Gasteiger partial charge in [-0.1, -0.05) is 57.2 Å². The SMILES string of the molecule is CC(C)(C)c1ccc(C=CC(=O)NC2COc3ccccc3O2)cc1. The summed E-state index contributed by atoms with van der Waals surface area (Å²) in [5, 5.41) is 2.79. The van der Waals surface area contributed by atoms with Crippen LogP contribution in [0, 0.1) is 0 Å². The molecule has 0 aliphatic carbocycles. The van der Waals surface area contributed by atoms with E-state index >= 15 is 0 Å². The van der Waals surface area contributed by atoms with Crippen molar-refractivity contribution in [1.82, 2.24) is 5.32 Å². The average Bonchev–Trinajstić information content (AvgIpc) is 2.59. The Morgan fingerprint density at radius 1 is 1.08 bits per heavy atom. The molecule has 4 heteroatoms. The Labute approximate surface area is 148 Å². The number of para-hydroxylation sites is 2. The summed E-state index contributed by atoms with van der Waals surface area (Å²) in [4.78, 5) is 12.1. The molecule has 0 saturated carbocycles. The molecule has 2 aromatic rings. The number of hydrogen-bond donors (Lipinski definition) is 1. The molecule has 1 atom stereocenters. The predicted octanol–water partition coefficient (Wildman–Crippen LogP) is 3.91. The summed E-state index contributed by atoms with van der Waals surface area (Å²) in [7, 11) is 0. The Bertz CT molecular complexity index is 772. The number of hydrogen-bond acceptors (Lipinski definition) is 3. The number of nitrogens with one attached hydrogen (secondary N) is 1. The van der Waals surface area contributed by atoms with Crippen LogP contribution in [0.15, 0.2) is 54.6 Å². The van der Waals surface area contributed by atoms with Crippen molar-refractivity contribution in [2.45, 2.75) is 32.4 Å². The van der Waals surface area contributed by atoms with Gasteiger partial charge in [-0.3, -0.25) is 4.79 Å². The van der Waals surface area contributed by atoms with Crippen molar-refractivity contribution in [2.75, 3.05) is 6.61 Å². The van der Waals surface area contributed by atoms with Crippen LogP contribution < -0.4 is 14.8 Å². The zero-order valence-corrected chi connectivity index (χ0v) is 14.8. The monoisotopic (exact) mass is 337 g/mol. The molecular weight excluding hydrogens is 314 g/mol. The van der Waals surface area contributed by atoms with Crippen LogP contribution in [0.2, 0.25) is 0 Å². The van der Waals surface area contributed by atoms with E-state index in [0.717, 1.165) is 5.56 Å². The minimum absolute atomic E-state index is 0.119. The van der Waals surface area contributed by atoms with Crippen LogP contribution in [0.1, 0.15) is 31.9 Å². The second kappa shape index (κ2) is 7.01. The first kappa shape index (κ1) is 17.1. The number of fused-ring (bicyclic) bond motifs is 1. The van der Waals surface area contributed by atoms with Crippen molar-refractivity contribution < 1.29 is 14.3 Å². The van der Waals surface area contributed by atoms with Gasteiger partial charge in [0.15, 0.2) is 11.5 Å². The fraction of sp³-hybridized carbons (Fsp3) is 0.286. The number of amides is 1. The summed E-state index contributed by atoms with van der Waals surface area (Å²) in [6.07, 6.45) is 2.81. The van der Waals surface area contributed by atoms with Gasteiger partial charge in [-0.05, 0) is 34.8 Å². The molecule has 0 bridgehead atoms. The summed E-state index contributed by atoms with van der Waals surface area (Å²) >= 11 is 0. The van der Waals surface area contributed by atoms with Crippen molar-refractivity contribution >= 4 is 12.0 Å². The first-order valence-electron chi connectivity index (χ1n) is 8.39. The maximum absolute atomic E-state index is 12.1. The van der Waals surface area contributed by atoms with Crippen molar-refractivity contribution in [3.63, 3.8) is 0 Å². The van der Waals surface area contributed by atoms with Crippen molar-refractivity contribution in [3.8, 4) is 11.5 Å². The van der Waals surface area contributed by atoms with E-state index in [9.17, 15) is 4.79 Å². The van der Waals surface area contributed by atoms with Crippen LogP contribution >= 0.6 is 0 Å². The maximum Gasteiger partial charge on any atom is 0.246 e. The smallest absolute Gasteiger partial charge is 0.246 e. The van der Waals surface area contributed by atoms with E-state index in [-0.39, 0.29) is 17.9 Å². The molecule has 1 aliphatic heterocycles. The van der Waals surface area contributed by atoms with E-state index in [1.807, 2.05) is 36.4 Å². The third kappa shape index (κ3) is 4.41. The molecule has 4 nitrogen and oxygen atoms in total. The summed E-state index contributed by atoms with van der Waals surface area (Å²) < 4.78 is 11.3. The fourth-order valence-electron chi connectivity index (χ4n) is 2.56. The predicted molar refractivity (Wildman–Crippen MR) is 98.7 cm³/mol. The van der Waals surface area contributed by atoms with Gasteiger partial charge in [0.25, 0.3) is 0 Å². The molecule has 1 unspecified atom stereocenters. The van der Waals surface area contributed by atoms with E-state index in [0.29, 0.717) is 11.5 Å². The molecule has 1 aliphatic rings. The number of benzene rings is 2. The lowest BCUT2D eigenvalue weighted by molar-refractivity contribution is -0.119. The number of ether oxygens (including phenoxy) is 2. The van der Waals surface area contributed by atoms with Gasteiger partial charge in [-0.15, -0.1) is 0 Å². The lowest BCUT2D eigenvalue weighted by atomic mass is 9.87. The second-order valence-electron chi connectivity index (χ2n) is 7.08. The molecule has 0 saturated heterocycles. The lowest BCUT2D eigenvalue weighted by Crippen LogP contribution is -2.44. The molecule has 1 N–H and O–H groups in total. The Hall–Kier alpha value is -2.75. The molecule has 3 rings (SSSR count). The molecule has 0 aromatic heterocycles. The first-order valence-corrected chi connectivity index (χ1v) is 8.39. The van der Waals surface area contributed by atoms with Gasteiger partial charge in [0, 0.05) is 6.08 Å². The topological polar surface area (TPSA) is 47.6 Å². The minimum Gasteiger partial charge on any atom is -0.484 e. The molecule has 1 amide bonds. The van der Waals surface area contributed by atoms with Crippen molar-refractivity contribution in [2.24, 2.45) is 0 Å². The highest BCUT2D eigenvalue weighted by Crippen LogP contribution is 2.30. The normalized spacial score (nSPS) is 16.7. The first-order chi connectivity index (χ1) is 11.9. The summed E-state index contributed by atoms with van der Waals surface area (Å²) in [6, 6.07) is 15.6. The van der Waals surface area contributed by atoms with Gasteiger partial charge < -0.3 is 14.8 Å². The Kier molecular flexibility index (Phi) is 4.79. The zero-order valence-electron chi connectivity index (χ0n) is 14.8. The Morgan fingerprint density at radius 2 is 1.76 bits per heavy atom. The van der Waals surface area contributed by atoms with Gasteiger partial charge in [-0.2, -0.15) is 0 Å². The maximum atomic E-state index is 12.1. The van der Waals surface area contributed by atoms with E-state index in [1.54, 1.807) is 6.08 Å². The highest BCUT2D eigenvalue weighted by atomic mass is 16.6. The molecule has 0 spiro atoms. The molecule has 0 radical (unpaired) electrons. The van der Waals surface area contributed by atoms with Gasteiger partial charge in [0.1, 0.15) is 6.61 Å². The van der Waals surface area contributed by atoms with E-state index in [4.69, 9.17) is 9.47 Å². The largest absolute Gasteiger partial charge is 0.484 e. The van der Waals surface area contributed by atoms with Gasteiger partial charge >= 0.3 is 0 Å². The summed E-state index contributed by atoms with van der Waals surface area (Å²) in [6.45, 7) is 6.82. The molecular formula is C21H23NO3. The standard InChI is InChI=1S/C21H23NO3/c1-21(2,3)16-11-8-15(9-12-16)10-13-19(23)22-20-14-24-17-6-4-5-7-18(17)25-20/h4-13,20H,14H2,1-3H3,(H,22,23). The van der Waals surface area contributed by atoms with Crippen LogP contribution in [0.25, 0.3) is 6.08 Å². The van der Waals surface area contributed by atoms with Gasteiger partial charge in [-0.25, -0.2) is 0 Å². The average molecular weight is 337 g/mol. The lowest BCUT2D eigenvalue weighted by Gasteiger charge is -2.26. The molecule has 1 heterocycles. The number of rotatable bonds is 3. The van der Waals surface area contributed by atoms with Crippen LogP contribution in [-0.2, 0) is 10.2 Å². The molecule has 2 aromatic carbocycles. The van der Waals surface area contributed by atoms with Crippen LogP contribution in [0.4, 0.5) is 0 Å². The third-order valence-electron chi connectivity index (χ3n) is 4.02. The van der Waals surface area contributed by atoms with E-state index < -0.39 is 6.23 Å². The molecule has 130 valence electrons. The van der Waals surface area contributed by atoms with E-state index in [1.165, 1.54) is 11.6 Å². The van der Waals surface area contributed by atoms with Crippen LogP contribution in [0.5, 0.6) is 11.5 Å². The minimum atomic E-state index is -0.490. The fourth-order valence-corrected chi connectivity index (χ4v) is 2.56. The molecule has 25 heavy (non-hydrogen) atoms. The summed E-state index contributed by atoms with van der Waals surface area (Å²) in [5.41, 5.74) is 2.36. The highest BCUT2D eigenvalue weighted by molar-refractivity contribution is 5.91. The van der Waals surface area contributed by atoms with E-state index in [2.05, 4.69) is 38.2 Å². The zero-order chi connectivity index (χ0) is 17.9. The van der Waals surface area contributed by atoms with Crippen molar-refractivity contribution in [3.05, 3.63) is 65.7 Å². The van der Waals surface area contributed by atoms with Gasteiger partial charge in [0.05, 0.1) is 0 Å². The third-order valence-corrected chi connectivity index (χ3v) is 4.02. The highest BCUT2D eigenvalue weighted by Gasteiger charge is 2.21. The summed E-state index contributed by atoms with van der Waals surface area (Å²) in [5.74, 6) is 1.12. The van der Waals surface area contributed by atoms with Crippen LogP contribution in [-0.4, -0.2) is 18.7 Å².